The number of carbonyl (C=O) groups is 3. The second-order valence-corrected chi connectivity index (χ2v) is 21.1. The zero-order valence-corrected chi connectivity index (χ0v) is 51.0. The van der Waals surface area contributed by atoms with Gasteiger partial charge in [0.05, 0.1) is 52.9 Å². The van der Waals surface area contributed by atoms with E-state index in [-0.39, 0.29) is 23.6 Å². The fraction of sp³-hybridized carbons (Fsp3) is 0.418. The second-order valence-electron chi connectivity index (χ2n) is 21.1. The molecule has 3 aromatic carbocycles. The van der Waals surface area contributed by atoms with E-state index in [1.54, 1.807) is 32.9 Å². The lowest BCUT2D eigenvalue weighted by molar-refractivity contribution is 0.0640. The summed E-state index contributed by atoms with van der Waals surface area (Å²) < 4.78 is 25.7. The molecule has 85 heavy (non-hydrogen) atoms. The molecule has 0 aliphatic carbocycles. The predicted octanol–water partition coefficient (Wildman–Crippen LogP) is 12.2. The summed E-state index contributed by atoms with van der Waals surface area (Å²) in [6.45, 7) is 26.8. The van der Waals surface area contributed by atoms with Crippen LogP contribution >= 0.6 is 0 Å². The molecule has 446 valence electrons. The molecule has 9 aromatic rings. The quantitative estimate of drug-likeness (QED) is 0.0389. The molecule has 6 heterocycles. The van der Waals surface area contributed by atoms with E-state index in [1.165, 1.54) is 0 Å². The van der Waals surface area contributed by atoms with Crippen molar-refractivity contribution in [3.8, 4) is 34.6 Å². The van der Waals surface area contributed by atoms with Crippen molar-refractivity contribution in [2.24, 2.45) is 5.92 Å². The molecule has 0 fully saturated rings. The van der Waals surface area contributed by atoms with Crippen LogP contribution in [0.4, 0.5) is 0 Å². The highest BCUT2D eigenvalue weighted by Crippen LogP contribution is 2.29. The minimum Gasteiger partial charge on any atom is -0.377 e. The van der Waals surface area contributed by atoms with Crippen molar-refractivity contribution in [2.45, 2.75) is 121 Å². The van der Waals surface area contributed by atoms with Gasteiger partial charge >= 0.3 is 0 Å². The molecule has 9 rings (SSSR count). The van der Waals surface area contributed by atoms with Crippen LogP contribution in [0.1, 0.15) is 130 Å². The average Bonchev–Trinajstić information content (AvgIpc) is 2.47. The van der Waals surface area contributed by atoms with Gasteiger partial charge in [0.15, 0.2) is 17.5 Å². The zero-order chi connectivity index (χ0) is 60.0. The Morgan fingerprint density at radius 3 is 0.929 bits per heavy atom. The molecule has 18 nitrogen and oxygen atoms in total. The first-order valence-corrected chi connectivity index (χ1v) is 30.5. The first-order valence-electron chi connectivity index (χ1n) is 30.5. The van der Waals surface area contributed by atoms with Crippen molar-refractivity contribution in [1.29, 1.82) is 0 Å². The standard InChI is InChI=1S/C67H82N12O6/c1-10-74(11-2)65(80)53-25-19-22-50(68-53)62-71-56-40-47(28-31-59(56)77(62)16-7)43-83-37-34-46(35-38-84-44-48-29-32-60-57(41-48)72-63(78(60)17-8)51-23-20-26-54(69-51)66(81)75(12-3)13-4)36-39-85-45-49-30-33-61-58(42-49)73-64(79(61)18-9)52-24-21-27-55(70-52)67(82)76(14-5)15-6/h19-33,40-42,46H,10-18,34-39,43-45H2,1-9H3. The molecular weight excluding hydrogens is 1070 g/mol. The second kappa shape index (κ2) is 29.1. The molecule has 0 N–H and O–H groups in total. The smallest absolute Gasteiger partial charge is 0.272 e. The molecule has 0 radical (unpaired) electrons. The van der Waals surface area contributed by atoms with Gasteiger partial charge < -0.3 is 42.6 Å². The van der Waals surface area contributed by atoms with Crippen molar-refractivity contribution in [3.05, 3.63) is 143 Å². The third-order valence-electron chi connectivity index (χ3n) is 15.9. The van der Waals surface area contributed by atoms with Gasteiger partial charge in [-0.15, -0.1) is 0 Å². The van der Waals surface area contributed by atoms with Crippen LogP contribution in [0.3, 0.4) is 0 Å². The Bertz CT molecular complexity index is 3360. The number of amides is 3. The van der Waals surface area contributed by atoms with E-state index in [4.69, 9.17) is 44.1 Å². The van der Waals surface area contributed by atoms with E-state index in [9.17, 15) is 14.4 Å². The third kappa shape index (κ3) is 14.0. The summed E-state index contributed by atoms with van der Waals surface area (Å²) in [6, 6.07) is 35.5. The van der Waals surface area contributed by atoms with E-state index < -0.39 is 0 Å². The van der Waals surface area contributed by atoms with Crippen molar-refractivity contribution < 1.29 is 28.6 Å². The molecular formula is C67H82N12O6. The lowest BCUT2D eigenvalue weighted by Crippen LogP contribution is -2.31. The number of hydrogen-bond acceptors (Lipinski definition) is 12. The van der Waals surface area contributed by atoms with Gasteiger partial charge in [0.25, 0.3) is 17.7 Å². The van der Waals surface area contributed by atoms with Crippen molar-refractivity contribution in [1.82, 2.24) is 58.3 Å². The summed E-state index contributed by atoms with van der Waals surface area (Å²) in [4.78, 5) is 74.5. The largest absolute Gasteiger partial charge is 0.377 e. The van der Waals surface area contributed by atoms with E-state index in [1.807, 2.05) is 77.9 Å². The van der Waals surface area contributed by atoms with Crippen LogP contribution in [0, 0.1) is 5.92 Å². The van der Waals surface area contributed by atoms with E-state index in [2.05, 4.69) is 89.1 Å². The molecule has 6 aromatic heterocycles. The summed E-state index contributed by atoms with van der Waals surface area (Å²) in [5, 5.41) is 0. The maximum absolute atomic E-state index is 13.2. The summed E-state index contributed by atoms with van der Waals surface area (Å²) >= 11 is 0. The average molecular weight is 1150 g/mol. The third-order valence-corrected chi connectivity index (χ3v) is 15.9. The number of aryl methyl sites for hydroxylation is 3. The van der Waals surface area contributed by atoms with E-state index in [0.717, 1.165) is 86.5 Å². The lowest BCUT2D eigenvalue weighted by atomic mass is 9.99. The van der Waals surface area contributed by atoms with Crippen molar-refractivity contribution in [2.75, 3.05) is 59.1 Å². The van der Waals surface area contributed by atoms with Crippen LogP contribution in [0.2, 0.25) is 0 Å². The van der Waals surface area contributed by atoms with E-state index >= 15 is 0 Å². The van der Waals surface area contributed by atoms with Crippen LogP contribution < -0.4 is 0 Å². The number of ether oxygens (including phenoxy) is 3. The number of rotatable bonds is 30. The van der Waals surface area contributed by atoms with Gasteiger partial charge in [0.1, 0.15) is 34.2 Å². The minimum absolute atomic E-state index is 0.0896. The Morgan fingerprint density at radius 1 is 0.388 bits per heavy atom. The van der Waals surface area contributed by atoms with Gasteiger partial charge in [0.2, 0.25) is 0 Å². The number of hydrogen-bond donors (Lipinski definition) is 0. The van der Waals surface area contributed by atoms with Crippen LogP contribution in [0.15, 0.2) is 109 Å². The number of aromatic nitrogens is 9. The molecule has 0 aliphatic rings. The number of imidazole rings is 3. The Balaban J connectivity index is 0.859. The molecule has 0 aliphatic heterocycles. The van der Waals surface area contributed by atoms with Crippen LogP contribution in [0.25, 0.3) is 67.7 Å². The van der Waals surface area contributed by atoms with Crippen LogP contribution in [0.5, 0.6) is 0 Å². The van der Waals surface area contributed by atoms with Gasteiger partial charge in [-0.1, -0.05) is 36.4 Å². The Morgan fingerprint density at radius 2 is 0.671 bits per heavy atom. The number of carbonyl (C=O) groups excluding carboxylic acids is 3. The first kappa shape index (κ1) is 61.4. The molecule has 0 spiro atoms. The SMILES string of the molecule is CCN(CC)C(=O)c1cccc(-c2nc3cc(COCCC(CCOCc4ccc5c(c4)nc(-c4cccc(C(=O)N(CC)CC)n4)n5CC)CCOCc4ccc5c(c4)nc(-c4cccc(C(=O)N(CC)CC)n4)n5CC)ccc3n2CC)n1. The van der Waals surface area contributed by atoms with Crippen LogP contribution in [-0.2, 0) is 53.7 Å². The number of pyridine rings is 3. The highest BCUT2D eigenvalue weighted by atomic mass is 16.5. The van der Waals surface area contributed by atoms with Gasteiger partial charge in [-0.3, -0.25) is 14.4 Å². The number of nitrogens with zero attached hydrogens (tertiary/aromatic N) is 12. The number of fused-ring (bicyclic) bond motifs is 3. The molecule has 18 heteroatoms. The van der Waals surface area contributed by atoms with Crippen molar-refractivity contribution in [3.63, 3.8) is 0 Å². The highest BCUT2D eigenvalue weighted by molar-refractivity contribution is 5.94. The van der Waals surface area contributed by atoms with E-state index in [0.29, 0.717) is 133 Å². The summed E-state index contributed by atoms with van der Waals surface area (Å²) in [5.74, 6) is 2.16. The minimum atomic E-state index is -0.0896. The molecule has 0 unspecified atom stereocenters. The number of benzene rings is 3. The van der Waals surface area contributed by atoms with Gasteiger partial charge in [0, 0.05) is 78.7 Å². The highest BCUT2D eigenvalue weighted by Gasteiger charge is 2.22. The van der Waals surface area contributed by atoms with Gasteiger partial charge in [-0.05, 0) is 177 Å². The van der Waals surface area contributed by atoms with Gasteiger partial charge in [-0.2, -0.15) is 0 Å². The first-order chi connectivity index (χ1) is 41.5. The molecule has 3 amide bonds. The fourth-order valence-electron chi connectivity index (χ4n) is 11.1. The zero-order valence-electron chi connectivity index (χ0n) is 51.0. The van der Waals surface area contributed by atoms with Crippen LogP contribution in [-0.4, -0.2) is 135 Å². The monoisotopic (exact) mass is 1150 g/mol. The predicted molar refractivity (Wildman–Crippen MR) is 334 cm³/mol. The summed E-state index contributed by atoms with van der Waals surface area (Å²) in [5.41, 5.74) is 11.8. The normalized spacial score (nSPS) is 11.6. The molecule has 0 saturated carbocycles. The summed E-state index contributed by atoms with van der Waals surface area (Å²) in [6.07, 6.45) is 2.45. The fourth-order valence-corrected chi connectivity index (χ4v) is 11.1. The molecule has 0 atom stereocenters. The Kier molecular flexibility index (Phi) is 21.0. The Hall–Kier alpha value is -8.19. The Labute approximate surface area is 499 Å². The lowest BCUT2D eigenvalue weighted by Gasteiger charge is -2.18. The van der Waals surface area contributed by atoms with Gasteiger partial charge in [-0.25, -0.2) is 29.9 Å². The maximum atomic E-state index is 13.2. The topological polar surface area (TPSA) is 181 Å². The molecule has 0 saturated heterocycles. The molecule has 0 bridgehead atoms. The summed E-state index contributed by atoms with van der Waals surface area (Å²) in [7, 11) is 0. The maximum Gasteiger partial charge on any atom is 0.272 e. The van der Waals surface area contributed by atoms with Crippen molar-refractivity contribution >= 4 is 50.8 Å².